The van der Waals surface area contributed by atoms with Crippen molar-refractivity contribution in [3.63, 3.8) is 0 Å². The quantitative estimate of drug-likeness (QED) is 0.169. The highest BCUT2D eigenvalue weighted by molar-refractivity contribution is 5.75. The molecule has 1 fully saturated rings. The topological polar surface area (TPSA) is 44.8 Å². The summed E-state index contributed by atoms with van der Waals surface area (Å²) in [6, 6.07) is 14.1. The molecule has 0 spiro atoms. The highest BCUT2D eigenvalue weighted by Crippen LogP contribution is 2.39. The molecule has 0 saturated heterocycles. The van der Waals surface area contributed by atoms with Crippen LogP contribution in [0.5, 0.6) is 17.2 Å². The molecular weight excluding hydrogens is 481 g/mol. The number of benzene rings is 3. The molecule has 0 aliphatic heterocycles. The van der Waals surface area contributed by atoms with Crippen LogP contribution in [0.15, 0.2) is 67.3 Å². The van der Waals surface area contributed by atoms with Crippen molar-refractivity contribution in [3.05, 3.63) is 90.3 Å². The predicted molar refractivity (Wildman–Crippen MR) is 135 cm³/mol. The van der Waals surface area contributed by atoms with Gasteiger partial charge in [0.05, 0.1) is 12.5 Å². The summed E-state index contributed by atoms with van der Waals surface area (Å²) in [5.41, 5.74) is 1.07. The number of carbonyl (C=O) groups is 1. The molecule has 3 aromatic rings. The Morgan fingerprint density at radius 2 is 1.62 bits per heavy atom. The lowest BCUT2D eigenvalue weighted by Gasteiger charge is -2.28. The van der Waals surface area contributed by atoms with Crippen LogP contribution in [0.3, 0.4) is 0 Å². The smallest absolute Gasteiger partial charge is 0.314 e. The van der Waals surface area contributed by atoms with Crippen LogP contribution in [0.1, 0.15) is 44.1 Å². The van der Waals surface area contributed by atoms with Crippen LogP contribution < -0.4 is 14.2 Å². The molecule has 0 N–H and O–H groups in total. The summed E-state index contributed by atoms with van der Waals surface area (Å²) in [6.45, 7) is 6.07. The summed E-state index contributed by atoms with van der Waals surface area (Å²) in [5, 5.41) is 0. The maximum atomic E-state index is 15.1. The van der Waals surface area contributed by atoms with Gasteiger partial charge in [-0.1, -0.05) is 36.9 Å². The van der Waals surface area contributed by atoms with Crippen LogP contribution in [-0.2, 0) is 4.79 Å². The van der Waals surface area contributed by atoms with Gasteiger partial charge in [0.2, 0.25) is 0 Å². The zero-order valence-electron chi connectivity index (χ0n) is 20.6. The SMILES string of the molecule is C=CCOc1ccc(OC(=O)C2CCC(c3ccc(-c4ccc(OCC)cc4)c(F)c3F)CC2)cc1F. The molecule has 4 nitrogen and oxygen atoms in total. The molecule has 1 aliphatic rings. The molecule has 0 radical (unpaired) electrons. The Bertz CT molecular complexity index is 1250. The van der Waals surface area contributed by atoms with E-state index in [4.69, 9.17) is 14.2 Å². The average Bonchev–Trinajstić information content (AvgIpc) is 2.91. The van der Waals surface area contributed by atoms with Crippen LogP contribution in [0.25, 0.3) is 11.1 Å². The fourth-order valence-electron chi connectivity index (χ4n) is 4.65. The van der Waals surface area contributed by atoms with Crippen LogP contribution in [0.4, 0.5) is 13.2 Å². The van der Waals surface area contributed by atoms with Gasteiger partial charge in [-0.05, 0) is 73.9 Å². The third-order valence-electron chi connectivity index (χ3n) is 6.57. The van der Waals surface area contributed by atoms with E-state index < -0.39 is 29.3 Å². The number of carbonyl (C=O) groups excluding carboxylic acids is 1. The molecular formula is C30H29F3O4. The minimum Gasteiger partial charge on any atom is -0.494 e. The second kappa shape index (κ2) is 12.0. The number of halogens is 3. The Labute approximate surface area is 214 Å². The first-order chi connectivity index (χ1) is 17.9. The summed E-state index contributed by atoms with van der Waals surface area (Å²) in [7, 11) is 0. The van der Waals surface area contributed by atoms with E-state index in [1.165, 1.54) is 18.2 Å². The summed E-state index contributed by atoms with van der Waals surface area (Å²) in [6.07, 6.45) is 3.46. The Morgan fingerprint density at radius 3 is 2.27 bits per heavy atom. The predicted octanol–water partition coefficient (Wildman–Crippen LogP) is 7.61. The number of ether oxygens (including phenoxy) is 3. The van der Waals surface area contributed by atoms with Gasteiger partial charge in [0, 0.05) is 11.6 Å². The van der Waals surface area contributed by atoms with Crippen LogP contribution in [-0.4, -0.2) is 19.2 Å². The van der Waals surface area contributed by atoms with Crippen molar-refractivity contribution >= 4 is 5.97 Å². The lowest BCUT2D eigenvalue weighted by Crippen LogP contribution is -2.25. The number of esters is 1. The molecule has 0 unspecified atom stereocenters. The van der Waals surface area contributed by atoms with Crippen molar-refractivity contribution < 1.29 is 32.2 Å². The molecule has 7 heteroatoms. The largest absolute Gasteiger partial charge is 0.494 e. The van der Waals surface area contributed by atoms with E-state index in [0.29, 0.717) is 49.2 Å². The lowest BCUT2D eigenvalue weighted by molar-refractivity contribution is -0.140. The van der Waals surface area contributed by atoms with E-state index >= 15 is 8.78 Å². The Balaban J connectivity index is 1.37. The zero-order valence-corrected chi connectivity index (χ0v) is 20.6. The van der Waals surface area contributed by atoms with E-state index in [1.807, 2.05) is 6.92 Å². The fraction of sp³-hybridized carbons (Fsp3) is 0.300. The van der Waals surface area contributed by atoms with E-state index in [-0.39, 0.29) is 29.6 Å². The second-order valence-corrected chi connectivity index (χ2v) is 8.95. The summed E-state index contributed by atoms with van der Waals surface area (Å²) < 4.78 is 60.2. The van der Waals surface area contributed by atoms with E-state index in [2.05, 4.69) is 6.58 Å². The van der Waals surface area contributed by atoms with Gasteiger partial charge in [0.25, 0.3) is 0 Å². The second-order valence-electron chi connectivity index (χ2n) is 8.95. The minimum atomic E-state index is -0.884. The fourth-order valence-corrected chi connectivity index (χ4v) is 4.65. The van der Waals surface area contributed by atoms with Crippen LogP contribution in [0, 0.1) is 23.4 Å². The van der Waals surface area contributed by atoms with Crippen molar-refractivity contribution in [1.29, 1.82) is 0 Å². The van der Waals surface area contributed by atoms with Gasteiger partial charge in [0.15, 0.2) is 23.2 Å². The molecule has 0 heterocycles. The van der Waals surface area contributed by atoms with E-state index in [1.54, 1.807) is 36.4 Å². The molecule has 0 atom stereocenters. The first-order valence-electron chi connectivity index (χ1n) is 12.4. The normalized spacial score (nSPS) is 17.2. The highest BCUT2D eigenvalue weighted by Gasteiger charge is 2.31. The van der Waals surface area contributed by atoms with Crippen LogP contribution >= 0.6 is 0 Å². The monoisotopic (exact) mass is 510 g/mol. The maximum Gasteiger partial charge on any atom is 0.314 e. The summed E-state index contributed by atoms with van der Waals surface area (Å²) in [5.74, 6) is -2.64. The van der Waals surface area contributed by atoms with E-state index in [0.717, 1.165) is 6.07 Å². The van der Waals surface area contributed by atoms with Crippen molar-refractivity contribution in [1.82, 2.24) is 0 Å². The van der Waals surface area contributed by atoms with Gasteiger partial charge in [-0.3, -0.25) is 4.79 Å². The molecule has 194 valence electrons. The van der Waals surface area contributed by atoms with Crippen molar-refractivity contribution in [2.24, 2.45) is 5.92 Å². The molecule has 4 rings (SSSR count). The Morgan fingerprint density at radius 1 is 0.919 bits per heavy atom. The Kier molecular flexibility index (Phi) is 8.54. The molecule has 0 bridgehead atoms. The van der Waals surface area contributed by atoms with Crippen LogP contribution in [0.2, 0.25) is 0 Å². The third kappa shape index (κ3) is 6.16. The van der Waals surface area contributed by atoms with Gasteiger partial charge >= 0.3 is 5.97 Å². The van der Waals surface area contributed by atoms with E-state index in [9.17, 15) is 9.18 Å². The molecule has 1 saturated carbocycles. The van der Waals surface area contributed by atoms with Gasteiger partial charge in [-0.25, -0.2) is 13.2 Å². The molecule has 3 aromatic carbocycles. The Hall–Kier alpha value is -3.74. The first kappa shape index (κ1) is 26.3. The molecule has 0 aromatic heterocycles. The number of rotatable bonds is 9. The lowest BCUT2D eigenvalue weighted by atomic mass is 9.78. The number of hydrogen-bond donors (Lipinski definition) is 0. The minimum absolute atomic E-state index is 0.0445. The zero-order chi connectivity index (χ0) is 26.4. The third-order valence-corrected chi connectivity index (χ3v) is 6.57. The van der Waals surface area contributed by atoms with Gasteiger partial charge < -0.3 is 14.2 Å². The standard InChI is InChI=1S/C30H29F3O4/c1-3-17-36-27-16-13-23(18-26(27)31)37-30(34)21-7-5-19(6-8-21)24-14-15-25(29(33)28(24)32)20-9-11-22(12-10-20)35-4-2/h3,9-16,18-19,21H,1,4-8,17H2,2H3. The first-order valence-corrected chi connectivity index (χ1v) is 12.4. The van der Waals surface area contributed by atoms with Gasteiger partial charge in [0.1, 0.15) is 18.1 Å². The summed E-state index contributed by atoms with van der Waals surface area (Å²) in [4.78, 5) is 12.6. The van der Waals surface area contributed by atoms with Gasteiger partial charge in [-0.2, -0.15) is 0 Å². The molecule has 37 heavy (non-hydrogen) atoms. The van der Waals surface area contributed by atoms with Gasteiger partial charge in [-0.15, -0.1) is 0 Å². The average molecular weight is 511 g/mol. The van der Waals surface area contributed by atoms with Crippen molar-refractivity contribution in [3.8, 4) is 28.4 Å². The highest BCUT2D eigenvalue weighted by atomic mass is 19.2. The van der Waals surface area contributed by atoms with Crippen molar-refractivity contribution in [2.75, 3.05) is 13.2 Å². The summed E-state index contributed by atoms with van der Waals surface area (Å²) >= 11 is 0. The van der Waals surface area contributed by atoms with Crippen molar-refractivity contribution in [2.45, 2.75) is 38.5 Å². The molecule has 0 amide bonds. The maximum absolute atomic E-state index is 15.1. The number of hydrogen-bond acceptors (Lipinski definition) is 4. The molecule has 1 aliphatic carbocycles.